The minimum atomic E-state index is 0.0871. The Bertz CT molecular complexity index is 814. The Hall–Kier alpha value is -2.56. The van der Waals surface area contributed by atoms with Gasteiger partial charge in [0.15, 0.2) is 0 Å². The normalized spacial score (nSPS) is 25.2. The van der Waals surface area contributed by atoms with Crippen LogP contribution in [0, 0.1) is 5.92 Å². The molecule has 1 aromatic carbocycles. The Morgan fingerprint density at radius 3 is 2.46 bits per heavy atom. The topological polar surface area (TPSA) is 45.6 Å². The highest BCUT2D eigenvalue weighted by molar-refractivity contribution is 5.92. The van der Waals surface area contributed by atoms with E-state index in [-0.39, 0.29) is 23.8 Å². The van der Waals surface area contributed by atoms with Crippen molar-refractivity contribution >= 4 is 11.8 Å². The number of rotatable bonds is 2. The summed E-state index contributed by atoms with van der Waals surface area (Å²) < 4.78 is 1.87. The molecule has 26 heavy (non-hydrogen) atoms. The van der Waals surface area contributed by atoms with E-state index < -0.39 is 0 Å². The molecule has 3 atom stereocenters. The van der Waals surface area contributed by atoms with Crippen LogP contribution in [0.15, 0.2) is 48.7 Å². The Morgan fingerprint density at radius 1 is 1.04 bits per heavy atom. The molecule has 0 unspecified atom stereocenters. The highest BCUT2D eigenvalue weighted by Gasteiger charge is 2.47. The SMILES string of the molecule is CC(=O)N1C[C@H](c2ccccc2)[C@H]2CN(C(=O)c3cccn3C)CC[C@H]21. The van der Waals surface area contributed by atoms with Crippen LogP contribution in [0.1, 0.15) is 35.3 Å². The first-order valence-electron chi connectivity index (χ1n) is 9.29. The fourth-order valence-corrected chi connectivity index (χ4v) is 4.68. The number of benzene rings is 1. The second kappa shape index (κ2) is 6.63. The average Bonchev–Trinajstić information content (AvgIpc) is 3.25. The summed E-state index contributed by atoms with van der Waals surface area (Å²) in [6.45, 7) is 3.82. The molecule has 2 aliphatic rings. The molecule has 5 nitrogen and oxygen atoms in total. The molecule has 0 N–H and O–H groups in total. The van der Waals surface area contributed by atoms with Crippen LogP contribution in [0.4, 0.5) is 0 Å². The molecule has 1 aromatic heterocycles. The molecule has 2 aromatic rings. The first-order valence-corrected chi connectivity index (χ1v) is 9.29. The standard InChI is InChI=1S/C21H25N3O2/c1-15(25)24-14-17(16-7-4-3-5-8-16)18-13-23(12-10-19(18)24)21(26)20-9-6-11-22(20)2/h3-9,11,17-19H,10,12-14H2,1-2H3/t17-,18-,19-/m1/s1. The van der Waals surface area contributed by atoms with Gasteiger partial charge in [0.25, 0.3) is 5.91 Å². The Labute approximate surface area is 154 Å². The van der Waals surface area contributed by atoms with E-state index in [0.29, 0.717) is 19.0 Å². The van der Waals surface area contributed by atoms with E-state index in [1.807, 2.05) is 45.8 Å². The number of aryl methyl sites for hydroxylation is 1. The predicted molar refractivity (Wildman–Crippen MR) is 99.8 cm³/mol. The first-order chi connectivity index (χ1) is 12.6. The van der Waals surface area contributed by atoms with Crippen molar-refractivity contribution in [2.45, 2.75) is 25.3 Å². The maximum absolute atomic E-state index is 13.0. The molecule has 0 aliphatic carbocycles. The number of hydrogen-bond acceptors (Lipinski definition) is 2. The van der Waals surface area contributed by atoms with Crippen molar-refractivity contribution in [3.63, 3.8) is 0 Å². The van der Waals surface area contributed by atoms with Gasteiger partial charge >= 0.3 is 0 Å². The lowest BCUT2D eigenvalue weighted by molar-refractivity contribution is -0.130. The van der Waals surface area contributed by atoms with E-state index in [1.165, 1.54) is 5.56 Å². The fraction of sp³-hybridized carbons (Fsp3) is 0.429. The summed E-state index contributed by atoms with van der Waals surface area (Å²) in [6, 6.07) is 14.4. The van der Waals surface area contributed by atoms with Crippen LogP contribution in [-0.4, -0.2) is 51.9 Å². The molecule has 0 radical (unpaired) electrons. The number of carbonyl (C=O) groups is 2. The van der Waals surface area contributed by atoms with Gasteiger partial charge < -0.3 is 14.4 Å². The van der Waals surface area contributed by atoms with Crippen molar-refractivity contribution in [2.75, 3.05) is 19.6 Å². The molecular weight excluding hydrogens is 326 g/mol. The monoisotopic (exact) mass is 351 g/mol. The van der Waals surface area contributed by atoms with Gasteiger partial charge in [0.1, 0.15) is 5.69 Å². The van der Waals surface area contributed by atoms with Crippen molar-refractivity contribution in [3.05, 3.63) is 59.9 Å². The second-order valence-electron chi connectivity index (χ2n) is 7.46. The molecule has 2 saturated heterocycles. The number of amides is 2. The molecule has 0 bridgehead atoms. The minimum Gasteiger partial charge on any atom is -0.347 e. The predicted octanol–water partition coefficient (Wildman–Crippen LogP) is 2.50. The number of piperidine rings is 1. The van der Waals surface area contributed by atoms with E-state index in [0.717, 1.165) is 18.7 Å². The van der Waals surface area contributed by atoms with Gasteiger partial charge in [-0.15, -0.1) is 0 Å². The average molecular weight is 351 g/mol. The summed E-state index contributed by atoms with van der Waals surface area (Å²) in [7, 11) is 1.90. The molecule has 5 heteroatoms. The lowest BCUT2D eigenvalue weighted by Gasteiger charge is -2.38. The molecule has 4 rings (SSSR count). The zero-order valence-electron chi connectivity index (χ0n) is 15.3. The van der Waals surface area contributed by atoms with E-state index in [4.69, 9.17) is 0 Å². The Balaban J connectivity index is 1.61. The third-order valence-corrected chi connectivity index (χ3v) is 6.01. The van der Waals surface area contributed by atoms with Crippen molar-refractivity contribution in [2.24, 2.45) is 13.0 Å². The molecule has 3 heterocycles. The second-order valence-corrected chi connectivity index (χ2v) is 7.46. The summed E-state index contributed by atoms with van der Waals surface area (Å²) >= 11 is 0. The van der Waals surface area contributed by atoms with Crippen LogP contribution >= 0.6 is 0 Å². The first kappa shape index (κ1) is 16.9. The zero-order chi connectivity index (χ0) is 18.3. The summed E-state index contributed by atoms with van der Waals surface area (Å²) in [5.41, 5.74) is 1.99. The lowest BCUT2D eigenvalue weighted by atomic mass is 9.81. The highest BCUT2D eigenvalue weighted by atomic mass is 16.2. The fourth-order valence-electron chi connectivity index (χ4n) is 4.68. The quantitative estimate of drug-likeness (QED) is 0.834. The summed E-state index contributed by atoms with van der Waals surface area (Å²) in [4.78, 5) is 29.1. The van der Waals surface area contributed by atoms with E-state index in [2.05, 4.69) is 24.3 Å². The zero-order valence-corrected chi connectivity index (χ0v) is 15.3. The van der Waals surface area contributed by atoms with E-state index in [1.54, 1.807) is 6.92 Å². The number of aromatic nitrogens is 1. The van der Waals surface area contributed by atoms with E-state index >= 15 is 0 Å². The third-order valence-electron chi connectivity index (χ3n) is 6.01. The van der Waals surface area contributed by atoms with Gasteiger partial charge in [-0.2, -0.15) is 0 Å². The van der Waals surface area contributed by atoms with Crippen LogP contribution in [0.3, 0.4) is 0 Å². The van der Waals surface area contributed by atoms with E-state index in [9.17, 15) is 9.59 Å². The molecule has 2 fully saturated rings. The van der Waals surface area contributed by atoms with Gasteiger partial charge in [0, 0.05) is 57.7 Å². The van der Waals surface area contributed by atoms with Gasteiger partial charge in [-0.3, -0.25) is 9.59 Å². The van der Waals surface area contributed by atoms with Crippen molar-refractivity contribution in [1.82, 2.24) is 14.4 Å². The number of likely N-dealkylation sites (tertiary alicyclic amines) is 2. The van der Waals surface area contributed by atoms with Gasteiger partial charge in [-0.25, -0.2) is 0 Å². The third kappa shape index (κ3) is 2.81. The summed E-state index contributed by atoms with van der Waals surface area (Å²) in [5, 5.41) is 0. The van der Waals surface area contributed by atoms with Crippen LogP contribution in [0.2, 0.25) is 0 Å². The molecule has 0 spiro atoms. The number of hydrogen-bond donors (Lipinski definition) is 0. The van der Waals surface area contributed by atoms with Crippen LogP contribution in [0.5, 0.6) is 0 Å². The Morgan fingerprint density at radius 2 is 1.81 bits per heavy atom. The van der Waals surface area contributed by atoms with Crippen LogP contribution in [-0.2, 0) is 11.8 Å². The van der Waals surface area contributed by atoms with Gasteiger partial charge in [0.2, 0.25) is 5.91 Å². The molecule has 2 aliphatic heterocycles. The van der Waals surface area contributed by atoms with Crippen LogP contribution in [0.25, 0.3) is 0 Å². The van der Waals surface area contributed by atoms with Gasteiger partial charge in [-0.1, -0.05) is 30.3 Å². The molecule has 136 valence electrons. The van der Waals surface area contributed by atoms with Gasteiger partial charge in [-0.05, 0) is 24.1 Å². The largest absolute Gasteiger partial charge is 0.347 e. The maximum atomic E-state index is 13.0. The lowest BCUT2D eigenvalue weighted by Crippen LogP contribution is -2.49. The van der Waals surface area contributed by atoms with Crippen LogP contribution < -0.4 is 0 Å². The van der Waals surface area contributed by atoms with Crippen molar-refractivity contribution in [1.29, 1.82) is 0 Å². The molecule has 0 saturated carbocycles. The molecular formula is C21H25N3O2. The van der Waals surface area contributed by atoms with Crippen molar-refractivity contribution < 1.29 is 9.59 Å². The van der Waals surface area contributed by atoms with Gasteiger partial charge in [0.05, 0.1) is 0 Å². The summed E-state index contributed by atoms with van der Waals surface area (Å²) in [5.74, 6) is 0.804. The maximum Gasteiger partial charge on any atom is 0.270 e. The Kier molecular flexibility index (Phi) is 4.31. The number of carbonyl (C=O) groups excluding carboxylic acids is 2. The van der Waals surface area contributed by atoms with Crippen molar-refractivity contribution in [3.8, 4) is 0 Å². The minimum absolute atomic E-state index is 0.0871. The molecule has 2 amide bonds. The number of fused-ring (bicyclic) bond motifs is 1. The smallest absolute Gasteiger partial charge is 0.270 e. The number of nitrogens with zero attached hydrogens (tertiary/aromatic N) is 3. The summed E-state index contributed by atoms with van der Waals surface area (Å²) in [6.07, 6.45) is 2.75. The highest BCUT2D eigenvalue weighted by Crippen LogP contribution is 2.41.